The van der Waals surface area contributed by atoms with Gasteiger partial charge in [0.05, 0.1) is 17.9 Å². The molecule has 0 aliphatic heterocycles. The Bertz CT molecular complexity index is 1330. The minimum absolute atomic E-state index is 0.138. The molecule has 2 aromatic carbocycles. The Labute approximate surface area is 197 Å². The van der Waals surface area contributed by atoms with E-state index in [1.54, 1.807) is 7.11 Å². The predicted octanol–water partition coefficient (Wildman–Crippen LogP) is 3.87. The molecule has 0 unspecified atom stereocenters. The minimum atomic E-state index is -0.784. The number of benzene rings is 2. The number of H-pyrrole nitrogens is 2. The average Bonchev–Trinajstić information content (AvgIpc) is 3.24. The van der Waals surface area contributed by atoms with Crippen LogP contribution in [-0.4, -0.2) is 65.9 Å². The van der Waals surface area contributed by atoms with Crippen molar-refractivity contribution in [2.24, 2.45) is 0 Å². The van der Waals surface area contributed by atoms with Crippen molar-refractivity contribution < 1.29 is 19.4 Å². The Balaban J connectivity index is 1.43. The number of rotatable bonds is 12. The first kappa shape index (κ1) is 23.5. The van der Waals surface area contributed by atoms with Crippen LogP contribution in [0.25, 0.3) is 33.1 Å². The van der Waals surface area contributed by atoms with Crippen LogP contribution in [0.2, 0.25) is 0 Å². The molecule has 4 rings (SSSR count). The van der Waals surface area contributed by atoms with Crippen LogP contribution >= 0.6 is 0 Å². The Morgan fingerprint density at radius 3 is 2.56 bits per heavy atom. The summed E-state index contributed by atoms with van der Waals surface area (Å²) in [7, 11) is 1.65. The van der Waals surface area contributed by atoms with Crippen LogP contribution in [0.5, 0.6) is 5.75 Å². The number of nitrogens with one attached hydrogen (secondary N) is 2. The molecule has 8 nitrogen and oxygen atoms in total. The van der Waals surface area contributed by atoms with Crippen molar-refractivity contribution in [1.82, 2.24) is 14.9 Å². The van der Waals surface area contributed by atoms with Crippen LogP contribution in [0, 0.1) is 0 Å². The molecule has 0 radical (unpaired) electrons. The summed E-state index contributed by atoms with van der Waals surface area (Å²) in [5, 5.41) is 10.8. The summed E-state index contributed by atoms with van der Waals surface area (Å²) in [6, 6.07) is 17.4. The fourth-order valence-electron chi connectivity index (χ4n) is 4.00. The summed E-state index contributed by atoms with van der Waals surface area (Å²) in [6.07, 6.45) is 0.738. The number of carbonyl (C=O) groups is 1. The van der Waals surface area contributed by atoms with Crippen LogP contribution in [-0.2, 0) is 9.53 Å². The number of carboxylic acid groups (broad SMARTS) is 1. The highest BCUT2D eigenvalue weighted by Gasteiger charge is 2.11. The van der Waals surface area contributed by atoms with Gasteiger partial charge in [-0.15, -0.1) is 0 Å². The van der Waals surface area contributed by atoms with Gasteiger partial charge in [-0.3, -0.25) is 14.5 Å². The Kier molecular flexibility index (Phi) is 7.61. The van der Waals surface area contributed by atoms with E-state index in [0.29, 0.717) is 38.3 Å². The lowest BCUT2D eigenvalue weighted by Crippen LogP contribution is -2.32. The van der Waals surface area contributed by atoms with Crippen molar-refractivity contribution >= 4 is 27.8 Å². The summed E-state index contributed by atoms with van der Waals surface area (Å²) in [5.41, 5.74) is 2.94. The fourth-order valence-corrected chi connectivity index (χ4v) is 4.00. The average molecular weight is 464 g/mol. The molecule has 0 saturated carbocycles. The molecule has 0 aliphatic carbocycles. The maximum atomic E-state index is 12.6. The van der Waals surface area contributed by atoms with E-state index < -0.39 is 5.97 Å². The second-order valence-corrected chi connectivity index (χ2v) is 8.21. The van der Waals surface area contributed by atoms with Crippen LogP contribution in [0.1, 0.15) is 12.8 Å². The molecule has 0 spiro atoms. The van der Waals surface area contributed by atoms with E-state index >= 15 is 0 Å². The van der Waals surface area contributed by atoms with E-state index in [-0.39, 0.29) is 12.0 Å². The van der Waals surface area contributed by atoms with Crippen molar-refractivity contribution in [3.8, 4) is 17.0 Å². The number of fused-ring (bicyclic) bond motifs is 2. The van der Waals surface area contributed by atoms with Gasteiger partial charge in [-0.2, -0.15) is 0 Å². The molecule has 0 amide bonds. The van der Waals surface area contributed by atoms with Crippen molar-refractivity contribution in [3.63, 3.8) is 0 Å². The van der Waals surface area contributed by atoms with Gasteiger partial charge < -0.3 is 24.5 Å². The van der Waals surface area contributed by atoms with Gasteiger partial charge >= 0.3 is 5.97 Å². The Morgan fingerprint density at radius 2 is 1.74 bits per heavy atom. The summed E-state index contributed by atoms with van der Waals surface area (Å²) < 4.78 is 11.1. The first-order valence-electron chi connectivity index (χ1n) is 11.3. The van der Waals surface area contributed by atoms with Crippen LogP contribution in [0.4, 0.5) is 0 Å². The number of carboxylic acids is 1. The Hall–Kier alpha value is -3.62. The number of aromatic amines is 2. The van der Waals surface area contributed by atoms with Crippen LogP contribution in [0.3, 0.4) is 0 Å². The highest BCUT2D eigenvalue weighted by atomic mass is 16.5. The summed E-state index contributed by atoms with van der Waals surface area (Å²) in [5.74, 6) is -0.0458. The molecule has 4 aromatic rings. The number of nitrogens with zero attached hydrogens (tertiary/aromatic N) is 1. The first-order valence-corrected chi connectivity index (χ1v) is 11.3. The summed E-state index contributed by atoms with van der Waals surface area (Å²) in [6.45, 7) is 3.13. The zero-order valence-electron chi connectivity index (χ0n) is 19.2. The predicted molar refractivity (Wildman–Crippen MR) is 133 cm³/mol. The van der Waals surface area contributed by atoms with E-state index in [4.69, 9.17) is 14.6 Å². The molecule has 0 atom stereocenters. The molecule has 0 saturated heterocycles. The molecule has 178 valence electrons. The van der Waals surface area contributed by atoms with E-state index in [9.17, 15) is 9.59 Å². The molecule has 34 heavy (non-hydrogen) atoms. The van der Waals surface area contributed by atoms with Gasteiger partial charge in [0.1, 0.15) is 12.4 Å². The van der Waals surface area contributed by atoms with Crippen LogP contribution in [0.15, 0.2) is 59.4 Å². The van der Waals surface area contributed by atoms with Gasteiger partial charge in [-0.25, -0.2) is 0 Å². The largest absolute Gasteiger partial charge is 0.492 e. The maximum Gasteiger partial charge on any atom is 0.303 e. The lowest BCUT2D eigenvalue weighted by molar-refractivity contribution is -0.137. The number of methoxy groups -OCH3 is 1. The first-order chi connectivity index (χ1) is 16.5. The van der Waals surface area contributed by atoms with Gasteiger partial charge in [0.25, 0.3) is 5.56 Å². The third-order valence-corrected chi connectivity index (χ3v) is 5.79. The summed E-state index contributed by atoms with van der Waals surface area (Å²) in [4.78, 5) is 31.8. The molecule has 2 aromatic heterocycles. The van der Waals surface area contributed by atoms with Gasteiger partial charge in [-0.1, -0.05) is 18.2 Å². The second kappa shape index (κ2) is 11.0. The van der Waals surface area contributed by atoms with Gasteiger partial charge in [0.15, 0.2) is 0 Å². The number of aromatic nitrogens is 2. The number of para-hydroxylation sites is 1. The normalized spacial score (nSPS) is 11.5. The number of hydrogen-bond acceptors (Lipinski definition) is 5. The third kappa shape index (κ3) is 5.84. The van der Waals surface area contributed by atoms with E-state index in [0.717, 1.165) is 39.8 Å². The number of pyridine rings is 1. The zero-order valence-corrected chi connectivity index (χ0v) is 19.2. The number of ether oxygens (including phenoxy) is 2. The van der Waals surface area contributed by atoms with E-state index in [1.165, 1.54) is 0 Å². The highest BCUT2D eigenvalue weighted by Crippen LogP contribution is 2.26. The topological polar surface area (TPSA) is 108 Å². The van der Waals surface area contributed by atoms with Gasteiger partial charge in [0, 0.05) is 43.0 Å². The molecular formula is C26H29N3O5. The van der Waals surface area contributed by atoms with Crippen molar-refractivity contribution in [2.45, 2.75) is 12.8 Å². The molecular weight excluding hydrogens is 434 g/mol. The maximum absolute atomic E-state index is 12.6. The van der Waals surface area contributed by atoms with Gasteiger partial charge in [0.2, 0.25) is 0 Å². The lowest BCUT2D eigenvalue weighted by Gasteiger charge is -2.21. The molecule has 0 aliphatic rings. The smallest absolute Gasteiger partial charge is 0.303 e. The second-order valence-electron chi connectivity index (χ2n) is 8.21. The minimum Gasteiger partial charge on any atom is -0.492 e. The molecule has 3 N–H and O–H groups in total. The Morgan fingerprint density at radius 1 is 0.941 bits per heavy atom. The van der Waals surface area contributed by atoms with Crippen LogP contribution < -0.4 is 10.3 Å². The van der Waals surface area contributed by atoms with Crippen molar-refractivity contribution in [1.29, 1.82) is 0 Å². The van der Waals surface area contributed by atoms with E-state index in [1.807, 2.05) is 54.6 Å². The molecule has 0 bridgehead atoms. The standard InChI is InChI=1S/C26H29N3O5/c1-33-13-11-29(10-4-7-25(30)31)12-14-34-20-8-9-23-19(15-20)17-24(27-23)21-16-18-5-2-3-6-22(18)28-26(21)32/h2-3,5-6,8-9,15-17,27H,4,7,10-14H2,1H3,(H,28,32)(H,30,31). The number of hydrogen-bond donors (Lipinski definition) is 3. The number of aliphatic carboxylic acids is 1. The molecule has 8 heteroatoms. The molecule has 2 heterocycles. The fraction of sp³-hybridized carbons (Fsp3) is 0.308. The van der Waals surface area contributed by atoms with Gasteiger partial charge in [-0.05, 0) is 54.8 Å². The SMILES string of the molecule is COCCN(CCCC(=O)O)CCOc1ccc2[nH]c(-c3cc4ccccc4[nH]c3=O)cc2c1. The molecule has 0 fully saturated rings. The monoisotopic (exact) mass is 463 g/mol. The third-order valence-electron chi connectivity index (χ3n) is 5.79. The van der Waals surface area contributed by atoms with Crippen molar-refractivity contribution in [3.05, 3.63) is 65.0 Å². The quantitative estimate of drug-likeness (QED) is 0.294. The van der Waals surface area contributed by atoms with E-state index in [2.05, 4.69) is 14.9 Å². The van der Waals surface area contributed by atoms with Crippen molar-refractivity contribution in [2.75, 3.05) is 40.0 Å². The summed E-state index contributed by atoms with van der Waals surface area (Å²) >= 11 is 0. The zero-order chi connectivity index (χ0) is 23.9. The lowest BCUT2D eigenvalue weighted by atomic mass is 10.1. The highest BCUT2D eigenvalue weighted by molar-refractivity contribution is 5.89.